The van der Waals surface area contributed by atoms with Gasteiger partial charge in [-0.15, -0.1) is 24.8 Å². The third kappa shape index (κ3) is 7.56. The summed E-state index contributed by atoms with van der Waals surface area (Å²) >= 11 is 0. The number of nitrogens with zero attached hydrogens (tertiary/aromatic N) is 1. The lowest BCUT2D eigenvalue weighted by atomic mass is 10.2. The van der Waals surface area contributed by atoms with Gasteiger partial charge in [0.1, 0.15) is 0 Å². The number of hydrogen-bond donors (Lipinski definition) is 1. The molecule has 2 N–H and O–H groups in total. The third-order valence-electron chi connectivity index (χ3n) is 1.87. The Morgan fingerprint density at radius 3 is 2.31 bits per heavy atom. The highest BCUT2D eigenvalue weighted by molar-refractivity contribution is 5.85. The van der Waals surface area contributed by atoms with Crippen molar-refractivity contribution in [1.82, 2.24) is 4.90 Å². The van der Waals surface area contributed by atoms with Crippen molar-refractivity contribution in [2.24, 2.45) is 5.73 Å². The van der Waals surface area contributed by atoms with Gasteiger partial charge in [-0.25, -0.2) is 0 Å². The first kappa shape index (κ1) is 17.7. The van der Waals surface area contributed by atoms with E-state index >= 15 is 0 Å². The van der Waals surface area contributed by atoms with E-state index < -0.39 is 0 Å². The molecule has 0 saturated carbocycles. The average molecular weight is 261 g/mol. The van der Waals surface area contributed by atoms with Gasteiger partial charge in [0.25, 0.3) is 0 Å². The van der Waals surface area contributed by atoms with Crippen LogP contribution in [0.1, 0.15) is 5.56 Å². The number of benzene rings is 1. The molecule has 2 nitrogen and oxygen atoms in total. The number of hydrogen-bond acceptors (Lipinski definition) is 2. The lowest BCUT2D eigenvalue weighted by Gasteiger charge is -2.12. The van der Waals surface area contributed by atoms with Crippen LogP contribution in [0.2, 0.25) is 0 Å². The Balaban J connectivity index is 0. The summed E-state index contributed by atoms with van der Waals surface area (Å²) in [6.07, 6.45) is 0. The first-order valence-corrected chi connectivity index (χ1v) is 4.71. The van der Waals surface area contributed by atoms with Gasteiger partial charge in [-0.1, -0.05) is 42.2 Å². The van der Waals surface area contributed by atoms with Gasteiger partial charge < -0.3 is 5.73 Å². The molecule has 0 spiro atoms. The molecule has 0 amide bonds. The molecule has 0 saturated heterocycles. The van der Waals surface area contributed by atoms with Crippen molar-refractivity contribution >= 4 is 24.8 Å². The smallest absolute Gasteiger partial charge is 0.0602 e. The molecule has 0 unspecified atom stereocenters. The molecule has 1 rings (SSSR count). The second kappa shape index (κ2) is 10.8. The molecule has 4 heteroatoms. The van der Waals surface area contributed by atoms with Crippen molar-refractivity contribution in [1.29, 1.82) is 0 Å². The molecule has 0 aliphatic rings. The summed E-state index contributed by atoms with van der Waals surface area (Å²) in [4.78, 5) is 2.16. The molecule has 0 aromatic heterocycles. The fraction of sp³-hybridized carbons (Fsp3) is 0.333. The Morgan fingerprint density at radius 1 is 1.12 bits per heavy atom. The molecule has 0 atom stereocenters. The van der Waals surface area contributed by atoms with Crippen molar-refractivity contribution in [2.75, 3.05) is 20.1 Å². The van der Waals surface area contributed by atoms with E-state index in [0.29, 0.717) is 6.54 Å². The number of rotatable bonds is 3. The molecule has 1 aromatic rings. The van der Waals surface area contributed by atoms with Gasteiger partial charge in [-0.05, 0) is 12.6 Å². The summed E-state index contributed by atoms with van der Waals surface area (Å²) in [6, 6.07) is 10.4. The summed E-state index contributed by atoms with van der Waals surface area (Å²) in [7, 11) is 2.05. The van der Waals surface area contributed by atoms with Crippen molar-refractivity contribution in [3.05, 3.63) is 35.9 Å². The van der Waals surface area contributed by atoms with Gasteiger partial charge in [0.15, 0.2) is 0 Å². The van der Waals surface area contributed by atoms with Crippen molar-refractivity contribution in [3.8, 4) is 11.8 Å². The number of halogens is 2. The second-order valence-corrected chi connectivity index (χ2v) is 3.22. The van der Waals surface area contributed by atoms with Gasteiger partial charge in [-0.2, -0.15) is 0 Å². The fourth-order valence-electron chi connectivity index (χ4n) is 1.21. The predicted octanol–water partition coefficient (Wildman–Crippen LogP) is 1.92. The summed E-state index contributed by atoms with van der Waals surface area (Å²) in [5.74, 6) is 5.86. The van der Waals surface area contributed by atoms with Crippen LogP contribution < -0.4 is 5.73 Å². The van der Waals surface area contributed by atoms with E-state index in [0.717, 1.165) is 13.1 Å². The van der Waals surface area contributed by atoms with Crippen LogP contribution in [0.5, 0.6) is 0 Å². The minimum atomic E-state index is 0. The zero-order valence-corrected chi connectivity index (χ0v) is 11.0. The summed E-state index contributed by atoms with van der Waals surface area (Å²) in [5.41, 5.74) is 6.58. The molecule has 0 bridgehead atoms. The summed E-state index contributed by atoms with van der Waals surface area (Å²) in [6.45, 7) is 2.14. The van der Waals surface area contributed by atoms with Crippen molar-refractivity contribution in [3.63, 3.8) is 0 Å². The zero-order chi connectivity index (χ0) is 10.2. The predicted molar refractivity (Wildman–Crippen MR) is 74.1 cm³/mol. The normalized spacial score (nSPS) is 8.44. The zero-order valence-electron chi connectivity index (χ0n) is 9.35. The quantitative estimate of drug-likeness (QED) is 0.842. The van der Waals surface area contributed by atoms with Crippen molar-refractivity contribution in [2.45, 2.75) is 6.54 Å². The minimum absolute atomic E-state index is 0. The second-order valence-electron chi connectivity index (χ2n) is 3.22. The molecule has 90 valence electrons. The molecule has 0 aliphatic heterocycles. The maximum atomic E-state index is 5.28. The maximum Gasteiger partial charge on any atom is 0.0602 e. The average Bonchev–Trinajstić information content (AvgIpc) is 2.20. The van der Waals surface area contributed by atoms with Crippen LogP contribution in [0, 0.1) is 11.8 Å². The van der Waals surface area contributed by atoms with Crippen LogP contribution in [0.25, 0.3) is 0 Å². The van der Waals surface area contributed by atoms with E-state index in [4.69, 9.17) is 5.73 Å². The third-order valence-corrected chi connectivity index (χ3v) is 1.87. The van der Waals surface area contributed by atoms with Crippen LogP contribution in [0.3, 0.4) is 0 Å². The van der Waals surface area contributed by atoms with E-state index in [2.05, 4.69) is 48.1 Å². The van der Waals surface area contributed by atoms with Gasteiger partial charge in [0.2, 0.25) is 0 Å². The van der Waals surface area contributed by atoms with Crippen molar-refractivity contribution < 1.29 is 0 Å². The molecule has 0 aliphatic carbocycles. The van der Waals surface area contributed by atoms with Gasteiger partial charge >= 0.3 is 0 Å². The maximum absolute atomic E-state index is 5.28. The molecular formula is C12H18Cl2N2. The van der Waals surface area contributed by atoms with E-state index in [9.17, 15) is 0 Å². The lowest BCUT2D eigenvalue weighted by molar-refractivity contribution is 0.369. The van der Waals surface area contributed by atoms with Gasteiger partial charge in [0, 0.05) is 6.54 Å². The molecular weight excluding hydrogens is 243 g/mol. The fourth-order valence-corrected chi connectivity index (χ4v) is 1.21. The Hall–Kier alpha value is -0.720. The monoisotopic (exact) mass is 260 g/mol. The molecule has 0 radical (unpaired) electrons. The molecule has 0 heterocycles. The lowest BCUT2D eigenvalue weighted by Crippen LogP contribution is -2.18. The highest BCUT2D eigenvalue weighted by atomic mass is 35.5. The first-order chi connectivity index (χ1) is 6.83. The minimum Gasteiger partial charge on any atom is -0.320 e. The topological polar surface area (TPSA) is 29.3 Å². The van der Waals surface area contributed by atoms with Crippen LogP contribution in [-0.4, -0.2) is 25.0 Å². The summed E-state index contributed by atoms with van der Waals surface area (Å²) in [5, 5.41) is 0. The molecule has 0 fully saturated rings. The largest absolute Gasteiger partial charge is 0.320 e. The Bertz CT molecular complexity index is 317. The van der Waals surface area contributed by atoms with Gasteiger partial charge in [0.05, 0.1) is 13.1 Å². The summed E-state index contributed by atoms with van der Waals surface area (Å²) < 4.78 is 0. The standard InChI is InChI=1S/C12H16N2.2ClH/c1-14(10-6-5-9-13)11-12-7-3-2-4-8-12;;/h2-4,7-8H,9-11,13H2,1H3;2*1H. The highest BCUT2D eigenvalue weighted by Gasteiger charge is 1.96. The van der Waals surface area contributed by atoms with Crippen LogP contribution in [0.4, 0.5) is 0 Å². The SMILES string of the molecule is CN(CC#CCN)Cc1ccccc1.Cl.Cl. The van der Waals surface area contributed by atoms with Crippen LogP contribution >= 0.6 is 24.8 Å². The number of nitrogens with two attached hydrogens (primary N) is 1. The van der Waals surface area contributed by atoms with E-state index in [1.165, 1.54) is 5.56 Å². The molecule has 16 heavy (non-hydrogen) atoms. The van der Waals surface area contributed by atoms with E-state index in [-0.39, 0.29) is 24.8 Å². The Morgan fingerprint density at radius 2 is 1.75 bits per heavy atom. The van der Waals surface area contributed by atoms with Gasteiger partial charge in [-0.3, -0.25) is 4.90 Å². The molecule has 1 aromatic carbocycles. The Labute approximate surface area is 110 Å². The Kier molecular flexibility index (Phi) is 11.9. The van der Waals surface area contributed by atoms with Crippen LogP contribution in [-0.2, 0) is 6.54 Å². The van der Waals surface area contributed by atoms with Crippen LogP contribution in [0.15, 0.2) is 30.3 Å². The van der Waals surface area contributed by atoms with E-state index in [1.54, 1.807) is 0 Å². The highest BCUT2D eigenvalue weighted by Crippen LogP contribution is 2.01. The first-order valence-electron chi connectivity index (χ1n) is 4.71. The van der Waals surface area contributed by atoms with E-state index in [1.807, 2.05) is 6.07 Å².